The van der Waals surface area contributed by atoms with Crippen molar-refractivity contribution in [3.63, 3.8) is 0 Å². The zero-order valence-corrected chi connectivity index (χ0v) is 14.9. The highest BCUT2D eigenvalue weighted by Crippen LogP contribution is 2.23. The number of hydrogen-bond donors (Lipinski definition) is 2. The molecule has 10 heteroatoms. The number of nitrogens with one attached hydrogen (secondary N) is 1. The Labute approximate surface area is 155 Å². The number of hydrogen-bond acceptors (Lipinski definition) is 7. The topological polar surface area (TPSA) is 106 Å². The van der Waals surface area contributed by atoms with Gasteiger partial charge in [0, 0.05) is 18.3 Å². The molecular weight excluding hydrogens is 409 g/mol. The molecule has 0 atom stereocenters. The molecule has 134 valence electrons. The van der Waals surface area contributed by atoms with Crippen LogP contribution in [-0.4, -0.2) is 32.9 Å². The molecule has 0 bridgehead atoms. The Morgan fingerprint density at radius 1 is 1.31 bits per heavy atom. The fraction of sp³-hybridized carbons (Fsp3) is 0.125. The molecule has 0 saturated heterocycles. The van der Waals surface area contributed by atoms with Crippen LogP contribution >= 0.6 is 15.9 Å². The summed E-state index contributed by atoms with van der Waals surface area (Å²) in [6.45, 7) is 0.277. The van der Waals surface area contributed by atoms with Crippen LogP contribution in [0.2, 0.25) is 0 Å². The molecule has 1 aromatic carbocycles. The number of nitrogens with zero attached hydrogens (tertiary/aromatic N) is 4. The van der Waals surface area contributed by atoms with E-state index in [4.69, 9.17) is 4.74 Å². The lowest BCUT2D eigenvalue weighted by atomic mass is 10.3. The number of benzene rings is 1. The Morgan fingerprint density at radius 2 is 2.19 bits per heavy atom. The Kier molecular flexibility index (Phi) is 5.87. The van der Waals surface area contributed by atoms with Gasteiger partial charge in [0.15, 0.2) is 5.84 Å². The van der Waals surface area contributed by atoms with Gasteiger partial charge in [-0.1, -0.05) is 6.07 Å². The van der Waals surface area contributed by atoms with E-state index in [1.165, 1.54) is 18.2 Å². The molecule has 8 nitrogen and oxygen atoms in total. The van der Waals surface area contributed by atoms with Gasteiger partial charge >= 0.3 is 0 Å². The van der Waals surface area contributed by atoms with Crippen LogP contribution in [0.1, 0.15) is 11.4 Å². The van der Waals surface area contributed by atoms with E-state index in [0.717, 1.165) is 5.69 Å². The van der Waals surface area contributed by atoms with Crippen molar-refractivity contribution >= 4 is 27.5 Å². The fourth-order valence-corrected chi connectivity index (χ4v) is 2.40. The Bertz CT molecular complexity index is 904. The summed E-state index contributed by atoms with van der Waals surface area (Å²) in [6.07, 6.45) is 2.25. The molecule has 0 spiro atoms. The van der Waals surface area contributed by atoms with Crippen LogP contribution in [0.4, 0.5) is 10.1 Å². The molecule has 0 aliphatic carbocycles. The van der Waals surface area contributed by atoms with E-state index in [0.29, 0.717) is 12.1 Å². The van der Waals surface area contributed by atoms with E-state index in [9.17, 15) is 9.60 Å². The molecule has 3 aromatic rings. The highest BCUT2D eigenvalue weighted by molar-refractivity contribution is 9.10. The summed E-state index contributed by atoms with van der Waals surface area (Å²) in [6, 6.07) is 9.71. The molecule has 3 rings (SSSR count). The maximum atomic E-state index is 13.3. The summed E-state index contributed by atoms with van der Waals surface area (Å²) in [4.78, 5) is 8.34. The summed E-state index contributed by atoms with van der Waals surface area (Å²) in [5.74, 6) is -0.427. The van der Waals surface area contributed by atoms with Gasteiger partial charge < -0.3 is 4.74 Å². The van der Waals surface area contributed by atoms with Gasteiger partial charge in [-0.2, -0.15) is 0 Å². The molecule has 0 fully saturated rings. The van der Waals surface area contributed by atoms with Gasteiger partial charge in [0.2, 0.25) is 5.69 Å². The first kappa shape index (κ1) is 18.0. The lowest BCUT2D eigenvalue weighted by Crippen LogP contribution is -2.21. The normalized spacial score (nSPS) is 11.4. The Balaban J connectivity index is 1.74. The number of hydroxylamine groups is 1. The summed E-state index contributed by atoms with van der Waals surface area (Å²) < 4.78 is 23.8. The molecule has 2 N–H and O–H groups in total. The smallest absolute Gasteiger partial charge is 0.287 e. The van der Waals surface area contributed by atoms with E-state index < -0.39 is 5.82 Å². The Hall–Kier alpha value is -2.85. The molecule has 0 amide bonds. The number of aliphatic imine (C=N–C) groups is 1. The highest BCUT2D eigenvalue weighted by atomic mass is 79.9. The predicted octanol–water partition coefficient (Wildman–Crippen LogP) is 3.04. The van der Waals surface area contributed by atoms with E-state index in [1.807, 2.05) is 23.7 Å². The summed E-state index contributed by atoms with van der Waals surface area (Å²) in [7, 11) is 0. The van der Waals surface area contributed by atoms with Crippen molar-refractivity contribution in [1.29, 1.82) is 0 Å². The molecule has 26 heavy (non-hydrogen) atoms. The third-order valence-electron chi connectivity index (χ3n) is 3.26. The van der Waals surface area contributed by atoms with E-state index in [1.54, 1.807) is 6.20 Å². The van der Waals surface area contributed by atoms with Crippen molar-refractivity contribution < 1.29 is 19.0 Å². The molecule has 0 saturated carbocycles. The SMILES string of the molecule is ONC(=Nc1ccc(F)c(Br)c1)c1nonc1OCCc1ccccn1. The average molecular weight is 422 g/mol. The van der Waals surface area contributed by atoms with Crippen molar-refractivity contribution in [3.8, 4) is 5.88 Å². The highest BCUT2D eigenvalue weighted by Gasteiger charge is 2.18. The van der Waals surface area contributed by atoms with Gasteiger partial charge in [0.25, 0.3) is 5.88 Å². The Morgan fingerprint density at radius 3 is 2.92 bits per heavy atom. The van der Waals surface area contributed by atoms with Gasteiger partial charge in [0.05, 0.1) is 16.8 Å². The first-order valence-corrected chi connectivity index (χ1v) is 8.26. The van der Waals surface area contributed by atoms with Crippen molar-refractivity contribution in [1.82, 2.24) is 20.8 Å². The fourth-order valence-electron chi connectivity index (χ4n) is 2.03. The second kappa shape index (κ2) is 8.50. The van der Waals surface area contributed by atoms with E-state index in [2.05, 4.69) is 40.8 Å². The second-order valence-corrected chi connectivity index (χ2v) is 5.86. The molecule has 2 heterocycles. The lowest BCUT2D eigenvalue weighted by Gasteiger charge is -2.05. The quantitative estimate of drug-likeness (QED) is 0.357. The van der Waals surface area contributed by atoms with Crippen molar-refractivity contribution in [2.45, 2.75) is 6.42 Å². The molecule has 0 aliphatic heterocycles. The summed E-state index contributed by atoms with van der Waals surface area (Å²) >= 11 is 3.07. The van der Waals surface area contributed by atoms with E-state index >= 15 is 0 Å². The first-order valence-electron chi connectivity index (χ1n) is 7.47. The van der Waals surface area contributed by atoms with E-state index in [-0.39, 0.29) is 28.5 Å². The molecule has 0 radical (unpaired) electrons. The average Bonchev–Trinajstić information content (AvgIpc) is 3.12. The predicted molar refractivity (Wildman–Crippen MR) is 93.0 cm³/mol. The zero-order chi connectivity index (χ0) is 18.4. The number of aromatic nitrogens is 3. The van der Waals surface area contributed by atoms with Gasteiger partial charge in [-0.25, -0.2) is 14.0 Å². The van der Waals surface area contributed by atoms with Crippen LogP contribution in [0.3, 0.4) is 0 Å². The maximum absolute atomic E-state index is 13.3. The second-order valence-electron chi connectivity index (χ2n) is 5.01. The van der Waals surface area contributed by atoms with Crippen LogP contribution in [-0.2, 0) is 6.42 Å². The lowest BCUT2D eigenvalue weighted by molar-refractivity contribution is 0.233. The van der Waals surface area contributed by atoms with Crippen molar-refractivity contribution in [3.05, 3.63) is 64.3 Å². The molecular formula is C16H13BrFN5O3. The van der Waals surface area contributed by atoms with Crippen LogP contribution in [0.5, 0.6) is 5.88 Å². The first-order chi connectivity index (χ1) is 12.7. The maximum Gasteiger partial charge on any atom is 0.287 e. The van der Waals surface area contributed by atoms with Crippen molar-refractivity contribution in [2.24, 2.45) is 4.99 Å². The molecule has 0 unspecified atom stereocenters. The number of rotatable bonds is 6. The van der Waals surface area contributed by atoms with Crippen LogP contribution in [0, 0.1) is 5.82 Å². The third-order valence-corrected chi connectivity index (χ3v) is 3.86. The van der Waals surface area contributed by atoms with Gasteiger partial charge in [-0.05, 0) is 56.6 Å². The number of amidine groups is 1. The van der Waals surface area contributed by atoms with Crippen LogP contribution in [0.25, 0.3) is 0 Å². The van der Waals surface area contributed by atoms with Gasteiger partial charge in [-0.3, -0.25) is 15.7 Å². The summed E-state index contributed by atoms with van der Waals surface area (Å²) in [5.41, 5.74) is 3.23. The minimum Gasteiger partial charge on any atom is -0.473 e. The zero-order valence-electron chi connectivity index (χ0n) is 13.3. The van der Waals surface area contributed by atoms with Gasteiger partial charge in [-0.15, -0.1) is 0 Å². The van der Waals surface area contributed by atoms with Crippen molar-refractivity contribution in [2.75, 3.05) is 6.61 Å². The van der Waals surface area contributed by atoms with Gasteiger partial charge in [0.1, 0.15) is 5.82 Å². The molecule has 2 aromatic heterocycles. The minimum atomic E-state index is -0.427. The standard InChI is InChI=1S/C16H13BrFN5O3/c17-12-9-11(4-5-13(12)18)20-15(21-24)14-16(23-26-22-14)25-8-6-10-3-1-2-7-19-10/h1-5,7,9,24H,6,8H2,(H,20,21). The van der Waals surface area contributed by atoms with Crippen LogP contribution in [0.15, 0.2) is 56.7 Å². The largest absolute Gasteiger partial charge is 0.473 e. The number of ether oxygens (including phenoxy) is 1. The third kappa shape index (κ3) is 4.41. The summed E-state index contributed by atoms with van der Waals surface area (Å²) in [5, 5.41) is 16.7. The number of halogens is 2. The number of pyridine rings is 1. The minimum absolute atomic E-state index is 0.0578. The van der Waals surface area contributed by atoms with Crippen LogP contribution < -0.4 is 10.2 Å². The molecule has 0 aliphatic rings. The monoisotopic (exact) mass is 421 g/mol.